The van der Waals surface area contributed by atoms with E-state index < -0.39 is 10.0 Å². The summed E-state index contributed by atoms with van der Waals surface area (Å²) in [7, 11) is -3.66. The van der Waals surface area contributed by atoms with Crippen molar-refractivity contribution in [3.63, 3.8) is 0 Å². The van der Waals surface area contributed by atoms with E-state index in [1.807, 2.05) is 6.92 Å². The highest BCUT2D eigenvalue weighted by molar-refractivity contribution is 7.90. The highest BCUT2D eigenvalue weighted by Crippen LogP contribution is 2.26. The number of sulfonamides is 1. The Balaban J connectivity index is 1.66. The average molecular weight is 400 g/mol. The van der Waals surface area contributed by atoms with Gasteiger partial charge in [0, 0.05) is 22.9 Å². The molecule has 1 aliphatic rings. The molecule has 1 aliphatic heterocycles. The van der Waals surface area contributed by atoms with E-state index in [-0.39, 0.29) is 22.7 Å². The number of amidine groups is 1. The first-order valence-corrected chi connectivity index (χ1v) is 10.8. The van der Waals surface area contributed by atoms with Crippen molar-refractivity contribution in [2.75, 3.05) is 5.32 Å². The second-order valence-electron chi connectivity index (χ2n) is 7.46. The van der Waals surface area contributed by atoms with Gasteiger partial charge in [-0.2, -0.15) is 8.42 Å². The van der Waals surface area contributed by atoms with E-state index in [9.17, 15) is 13.2 Å². The van der Waals surface area contributed by atoms with E-state index >= 15 is 0 Å². The number of hydrogen-bond donors (Lipinski definition) is 2. The van der Waals surface area contributed by atoms with Crippen LogP contribution < -0.4 is 10.6 Å². The molecule has 1 atom stereocenters. The molecular weight excluding hydrogens is 374 g/mol. The van der Waals surface area contributed by atoms with E-state index in [1.54, 1.807) is 42.5 Å². The Bertz CT molecular complexity index is 996. The highest BCUT2D eigenvalue weighted by atomic mass is 32.2. The molecule has 0 aliphatic carbocycles. The van der Waals surface area contributed by atoms with Crippen LogP contribution in [0.5, 0.6) is 0 Å². The molecule has 3 rings (SSSR count). The number of nitrogens with zero attached hydrogens (tertiary/aromatic N) is 1. The van der Waals surface area contributed by atoms with Gasteiger partial charge in [0.15, 0.2) is 5.84 Å². The third-order valence-corrected chi connectivity index (χ3v) is 5.93. The summed E-state index contributed by atoms with van der Waals surface area (Å²) >= 11 is 0. The normalized spacial score (nSPS) is 15.6. The summed E-state index contributed by atoms with van der Waals surface area (Å²) in [5.41, 5.74) is 1.77. The molecular formula is C21H25N3O3S. The first kappa shape index (κ1) is 20.1. The average Bonchev–Trinajstić information content (AvgIpc) is 2.91. The van der Waals surface area contributed by atoms with Gasteiger partial charge in [-0.15, -0.1) is 4.40 Å². The first-order valence-electron chi connectivity index (χ1n) is 9.38. The van der Waals surface area contributed by atoms with E-state index in [1.165, 1.54) is 6.07 Å². The van der Waals surface area contributed by atoms with Crippen LogP contribution in [0.15, 0.2) is 57.8 Å². The van der Waals surface area contributed by atoms with Crippen LogP contribution >= 0.6 is 0 Å². The van der Waals surface area contributed by atoms with E-state index in [2.05, 4.69) is 28.9 Å². The zero-order valence-corrected chi connectivity index (χ0v) is 17.1. The predicted molar refractivity (Wildman–Crippen MR) is 111 cm³/mol. The lowest BCUT2D eigenvalue weighted by Gasteiger charge is -2.15. The standard InChI is InChI=1S/C21H25N3O3S/c1-14(2)8-9-15(3)22-21(25)16-10-12-17(13-11-16)23-20-18-6-4-5-7-19(18)28(26,27)24-20/h4-7,10-15H,8-9H2,1-3H3,(H,22,25)(H,23,24). The van der Waals surface area contributed by atoms with Gasteiger partial charge in [0.1, 0.15) is 4.90 Å². The topological polar surface area (TPSA) is 87.6 Å². The molecule has 6 nitrogen and oxygen atoms in total. The van der Waals surface area contributed by atoms with Crippen LogP contribution in [0, 0.1) is 5.92 Å². The Kier molecular flexibility index (Phi) is 5.84. The Labute approximate surface area is 166 Å². The Hall–Kier alpha value is -2.67. The molecule has 7 heteroatoms. The van der Waals surface area contributed by atoms with Gasteiger partial charge in [-0.3, -0.25) is 4.79 Å². The number of hydrogen-bond acceptors (Lipinski definition) is 4. The van der Waals surface area contributed by atoms with E-state index in [4.69, 9.17) is 0 Å². The summed E-state index contributed by atoms with van der Waals surface area (Å²) in [6.07, 6.45) is 2.01. The monoisotopic (exact) mass is 399 g/mol. The first-order chi connectivity index (χ1) is 13.3. The number of fused-ring (bicyclic) bond motifs is 1. The smallest absolute Gasteiger partial charge is 0.285 e. The fourth-order valence-electron chi connectivity index (χ4n) is 3.00. The van der Waals surface area contributed by atoms with Crippen LogP contribution in [-0.4, -0.2) is 26.2 Å². The zero-order valence-electron chi connectivity index (χ0n) is 16.3. The minimum Gasteiger partial charge on any atom is -0.350 e. The van der Waals surface area contributed by atoms with Crippen LogP contribution in [0.2, 0.25) is 0 Å². The van der Waals surface area contributed by atoms with Crippen molar-refractivity contribution in [3.8, 4) is 0 Å². The molecule has 1 amide bonds. The van der Waals surface area contributed by atoms with Crippen molar-refractivity contribution < 1.29 is 13.2 Å². The summed E-state index contributed by atoms with van der Waals surface area (Å²) < 4.78 is 28.0. The Morgan fingerprint density at radius 1 is 1.00 bits per heavy atom. The van der Waals surface area contributed by atoms with Crippen LogP contribution in [-0.2, 0) is 10.0 Å². The summed E-state index contributed by atoms with van der Waals surface area (Å²) in [5, 5.41) is 6.04. The van der Waals surface area contributed by atoms with Crippen molar-refractivity contribution in [1.29, 1.82) is 0 Å². The van der Waals surface area contributed by atoms with Crippen molar-refractivity contribution in [3.05, 3.63) is 59.7 Å². The third kappa shape index (κ3) is 4.59. The SMILES string of the molecule is CC(C)CCC(C)NC(=O)c1ccc(NC2=NS(=O)(=O)c3ccccc32)cc1. The highest BCUT2D eigenvalue weighted by Gasteiger charge is 2.28. The predicted octanol–water partition coefficient (Wildman–Crippen LogP) is 3.80. The van der Waals surface area contributed by atoms with Crippen molar-refractivity contribution in [2.24, 2.45) is 10.3 Å². The molecule has 0 fully saturated rings. The number of carbonyl (C=O) groups is 1. The maximum Gasteiger partial charge on any atom is 0.285 e. The molecule has 0 radical (unpaired) electrons. The Morgan fingerprint density at radius 2 is 1.68 bits per heavy atom. The van der Waals surface area contributed by atoms with Crippen LogP contribution in [0.1, 0.15) is 49.5 Å². The molecule has 0 saturated heterocycles. The summed E-state index contributed by atoms with van der Waals surface area (Å²) in [6.45, 7) is 6.34. The van der Waals surface area contributed by atoms with Gasteiger partial charge in [-0.05, 0) is 62.1 Å². The second-order valence-corrected chi connectivity index (χ2v) is 9.03. The van der Waals surface area contributed by atoms with Gasteiger partial charge in [0.2, 0.25) is 0 Å². The van der Waals surface area contributed by atoms with Crippen molar-refractivity contribution in [1.82, 2.24) is 5.32 Å². The van der Waals surface area contributed by atoms with Gasteiger partial charge in [0.05, 0.1) is 0 Å². The van der Waals surface area contributed by atoms with Crippen LogP contribution in [0.25, 0.3) is 0 Å². The van der Waals surface area contributed by atoms with E-state index in [0.29, 0.717) is 22.7 Å². The molecule has 1 unspecified atom stereocenters. The fraction of sp³-hybridized carbons (Fsp3) is 0.333. The van der Waals surface area contributed by atoms with Gasteiger partial charge in [-0.25, -0.2) is 0 Å². The molecule has 148 valence electrons. The Morgan fingerprint density at radius 3 is 2.36 bits per heavy atom. The second kappa shape index (κ2) is 8.14. The van der Waals surface area contributed by atoms with Crippen LogP contribution in [0.4, 0.5) is 5.69 Å². The number of amides is 1. The number of anilines is 1. The lowest BCUT2D eigenvalue weighted by atomic mass is 10.0. The number of rotatable bonds is 6. The third-order valence-electron chi connectivity index (χ3n) is 4.60. The maximum atomic E-state index is 12.4. The van der Waals surface area contributed by atoms with Gasteiger partial charge >= 0.3 is 0 Å². The van der Waals surface area contributed by atoms with Gasteiger partial charge in [0.25, 0.3) is 15.9 Å². The summed E-state index contributed by atoms with van der Waals surface area (Å²) in [4.78, 5) is 12.6. The van der Waals surface area contributed by atoms with Gasteiger partial charge in [-0.1, -0.05) is 26.0 Å². The van der Waals surface area contributed by atoms with Crippen LogP contribution in [0.3, 0.4) is 0 Å². The lowest BCUT2D eigenvalue weighted by Crippen LogP contribution is -2.32. The molecule has 0 saturated carbocycles. The van der Waals surface area contributed by atoms with Crippen molar-refractivity contribution >= 4 is 27.5 Å². The lowest BCUT2D eigenvalue weighted by molar-refractivity contribution is 0.0937. The number of nitrogens with one attached hydrogen (secondary N) is 2. The molecule has 2 aromatic carbocycles. The van der Waals surface area contributed by atoms with Gasteiger partial charge < -0.3 is 10.6 Å². The minimum atomic E-state index is -3.66. The maximum absolute atomic E-state index is 12.4. The molecule has 0 spiro atoms. The molecule has 1 heterocycles. The molecule has 28 heavy (non-hydrogen) atoms. The van der Waals surface area contributed by atoms with E-state index in [0.717, 1.165) is 12.8 Å². The largest absolute Gasteiger partial charge is 0.350 e. The number of carbonyl (C=O) groups excluding carboxylic acids is 1. The molecule has 2 N–H and O–H groups in total. The molecule has 2 aromatic rings. The molecule has 0 bridgehead atoms. The number of benzene rings is 2. The summed E-state index contributed by atoms with van der Waals surface area (Å²) in [5.74, 6) is 0.779. The van der Waals surface area contributed by atoms with Crippen molar-refractivity contribution in [2.45, 2.75) is 44.6 Å². The summed E-state index contributed by atoms with van der Waals surface area (Å²) in [6, 6.07) is 13.7. The quantitative estimate of drug-likeness (QED) is 0.773. The minimum absolute atomic E-state index is 0.113. The fourth-order valence-corrected chi connectivity index (χ4v) is 4.18. The zero-order chi connectivity index (χ0) is 20.3. The molecule has 0 aromatic heterocycles.